The van der Waals surface area contributed by atoms with Gasteiger partial charge in [0.05, 0.1) is 6.61 Å². The van der Waals surface area contributed by atoms with Crippen LogP contribution in [0.2, 0.25) is 0 Å². The second-order valence-corrected chi connectivity index (χ2v) is 2.27. The first-order valence-corrected chi connectivity index (χ1v) is 3.60. The number of nitrogens with two attached hydrogens (primary N) is 1. The predicted molar refractivity (Wildman–Crippen MR) is 43.0 cm³/mol. The highest BCUT2D eigenvalue weighted by Gasteiger charge is 2.11. The molecule has 1 aromatic heterocycles. The van der Waals surface area contributed by atoms with Crippen LogP contribution in [0.4, 0.5) is 0 Å². The van der Waals surface area contributed by atoms with Gasteiger partial charge in [-0.05, 0) is 13.0 Å². The van der Waals surface area contributed by atoms with E-state index in [2.05, 4.69) is 10.2 Å². The molecule has 0 saturated carbocycles. The molecule has 1 unspecified atom stereocenters. The summed E-state index contributed by atoms with van der Waals surface area (Å²) >= 11 is 0. The van der Waals surface area contributed by atoms with Gasteiger partial charge in [-0.25, -0.2) is 0 Å². The lowest BCUT2D eigenvalue weighted by molar-refractivity contribution is 0.247. The topological polar surface area (TPSA) is 85.2 Å². The quantitative estimate of drug-likeness (QED) is 0.670. The molecule has 0 aliphatic rings. The van der Waals surface area contributed by atoms with Crippen molar-refractivity contribution >= 4 is 6.08 Å². The smallest absolute Gasteiger partial charge is 0.240 e. The molecule has 1 rings (SSSR count). The molecule has 0 fully saturated rings. The summed E-state index contributed by atoms with van der Waals surface area (Å²) in [5.74, 6) is 0.655. The number of aromatic nitrogens is 2. The fourth-order valence-corrected chi connectivity index (χ4v) is 0.684. The highest BCUT2D eigenvalue weighted by atomic mass is 16.4. The molecule has 0 amide bonds. The van der Waals surface area contributed by atoms with Crippen molar-refractivity contribution in [3.05, 3.63) is 17.9 Å². The largest absolute Gasteiger partial charge is 0.420 e. The zero-order valence-corrected chi connectivity index (χ0v) is 6.77. The Labute approximate surface area is 69.9 Å². The summed E-state index contributed by atoms with van der Waals surface area (Å²) in [6, 6.07) is -0.587. The zero-order valence-electron chi connectivity index (χ0n) is 6.77. The maximum absolute atomic E-state index is 8.66. The molecule has 1 aromatic rings. The van der Waals surface area contributed by atoms with Gasteiger partial charge in [0.25, 0.3) is 0 Å². The second-order valence-electron chi connectivity index (χ2n) is 2.27. The first-order valence-electron chi connectivity index (χ1n) is 3.60. The normalized spacial score (nSPS) is 13.9. The molecule has 0 bridgehead atoms. The molecule has 0 aromatic carbocycles. The maximum atomic E-state index is 8.66. The van der Waals surface area contributed by atoms with Crippen molar-refractivity contribution in [1.82, 2.24) is 10.2 Å². The van der Waals surface area contributed by atoms with Gasteiger partial charge in [-0.3, -0.25) is 0 Å². The number of aliphatic hydroxyl groups is 1. The summed E-state index contributed by atoms with van der Waals surface area (Å²) in [6.45, 7) is 1.65. The van der Waals surface area contributed by atoms with Gasteiger partial charge < -0.3 is 15.3 Å². The molecule has 0 saturated heterocycles. The average molecular weight is 169 g/mol. The monoisotopic (exact) mass is 169 g/mol. The van der Waals surface area contributed by atoms with Gasteiger partial charge in [0, 0.05) is 0 Å². The fraction of sp³-hybridized carbons (Fsp3) is 0.429. The van der Waals surface area contributed by atoms with E-state index in [9.17, 15) is 0 Å². The summed E-state index contributed by atoms with van der Waals surface area (Å²) < 4.78 is 5.08. The Balaban J connectivity index is 2.76. The van der Waals surface area contributed by atoms with Gasteiger partial charge in [0.2, 0.25) is 11.8 Å². The van der Waals surface area contributed by atoms with E-state index in [0.717, 1.165) is 0 Å². The van der Waals surface area contributed by atoms with Crippen LogP contribution >= 0.6 is 0 Å². The average Bonchev–Trinajstić information content (AvgIpc) is 2.52. The van der Waals surface area contributed by atoms with Crippen molar-refractivity contribution in [2.45, 2.75) is 13.0 Å². The van der Waals surface area contributed by atoms with E-state index in [1.165, 1.54) is 0 Å². The first kappa shape index (κ1) is 8.89. The maximum Gasteiger partial charge on any atom is 0.240 e. The molecule has 1 atom stereocenters. The van der Waals surface area contributed by atoms with Gasteiger partial charge in [-0.1, -0.05) is 6.08 Å². The van der Waals surface area contributed by atoms with Crippen LogP contribution in [0.25, 0.3) is 6.08 Å². The summed E-state index contributed by atoms with van der Waals surface area (Å²) in [7, 11) is 0. The Morgan fingerprint density at radius 1 is 1.67 bits per heavy atom. The molecule has 0 aliphatic heterocycles. The van der Waals surface area contributed by atoms with Gasteiger partial charge in [-0.15, -0.1) is 10.2 Å². The van der Waals surface area contributed by atoms with E-state index >= 15 is 0 Å². The molecule has 12 heavy (non-hydrogen) atoms. The number of hydrogen-bond acceptors (Lipinski definition) is 5. The number of nitrogens with zero attached hydrogens (tertiary/aromatic N) is 2. The SMILES string of the molecule is C/C=C/c1nnc(C(N)CO)o1. The van der Waals surface area contributed by atoms with Crippen molar-refractivity contribution in [3.63, 3.8) is 0 Å². The molecular formula is C7H11N3O2. The summed E-state index contributed by atoms with van der Waals surface area (Å²) in [6.07, 6.45) is 3.45. The van der Waals surface area contributed by atoms with Gasteiger partial charge >= 0.3 is 0 Å². The molecule has 5 nitrogen and oxygen atoms in total. The number of rotatable bonds is 3. The van der Waals surface area contributed by atoms with Crippen LogP contribution in [0.3, 0.4) is 0 Å². The summed E-state index contributed by atoms with van der Waals surface area (Å²) in [5.41, 5.74) is 5.43. The molecule has 0 radical (unpaired) electrons. The standard InChI is InChI=1S/C7H11N3O2/c1-2-3-6-9-10-7(12-6)5(8)4-11/h2-3,5,11H,4,8H2,1H3/b3-2+. The Bertz CT molecular complexity index is 269. The third-order valence-corrected chi connectivity index (χ3v) is 1.28. The zero-order chi connectivity index (χ0) is 8.97. The predicted octanol–water partition coefficient (Wildman–Crippen LogP) is 0.0948. The van der Waals surface area contributed by atoms with E-state index < -0.39 is 6.04 Å². The lowest BCUT2D eigenvalue weighted by atomic mass is 10.3. The number of allylic oxidation sites excluding steroid dienone is 1. The van der Waals surface area contributed by atoms with Crippen LogP contribution in [0.15, 0.2) is 10.5 Å². The number of hydrogen-bond donors (Lipinski definition) is 2. The van der Waals surface area contributed by atoms with E-state index in [4.69, 9.17) is 15.3 Å². The third-order valence-electron chi connectivity index (χ3n) is 1.28. The van der Waals surface area contributed by atoms with Crippen LogP contribution in [0.5, 0.6) is 0 Å². The highest BCUT2D eigenvalue weighted by Crippen LogP contribution is 2.08. The minimum absolute atomic E-state index is 0.197. The van der Waals surface area contributed by atoms with Crippen LogP contribution in [0, 0.1) is 0 Å². The van der Waals surface area contributed by atoms with Crippen molar-refractivity contribution in [2.24, 2.45) is 5.73 Å². The Hall–Kier alpha value is -1.20. The minimum atomic E-state index is -0.587. The van der Waals surface area contributed by atoms with Crippen LogP contribution in [-0.4, -0.2) is 21.9 Å². The minimum Gasteiger partial charge on any atom is -0.420 e. The van der Waals surface area contributed by atoms with Gasteiger partial charge in [0.15, 0.2) is 0 Å². The molecule has 1 heterocycles. The van der Waals surface area contributed by atoms with Crippen molar-refractivity contribution in [3.8, 4) is 0 Å². The lowest BCUT2D eigenvalue weighted by Crippen LogP contribution is -2.14. The van der Waals surface area contributed by atoms with Gasteiger partial charge in [0.1, 0.15) is 6.04 Å². The molecule has 3 N–H and O–H groups in total. The second kappa shape index (κ2) is 3.99. The Kier molecular flexibility index (Phi) is 2.95. The van der Waals surface area contributed by atoms with Crippen molar-refractivity contribution in [1.29, 1.82) is 0 Å². The third kappa shape index (κ3) is 1.90. The molecule has 66 valence electrons. The molecule has 0 spiro atoms. The number of aliphatic hydroxyl groups excluding tert-OH is 1. The molecule has 0 aliphatic carbocycles. The lowest BCUT2D eigenvalue weighted by Gasteiger charge is -1.98. The van der Waals surface area contributed by atoms with Crippen LogP contribution in [-0.2, 0) is 0 Å². The van der Waals surface area contributed by atoms with E-state index in [1.54, 1.807) is 12.2 Å². The van der Waals surface area contributed by atoms with Crippen LogP contribution < -0.4 is 5.73 Å². The van der Waals surface area contributed by atoms with Crippen LogP contribution in [0.1, 0.15) is 24.7 Å². The highest BCUT2D eigenvalue weighted by molar-refractivity contribution is 5.35. The molecular weight excluding hydrogens is 158 g/mol. The van der Waals surface area contributed by atoms with Crippen molar-refractivity contribution < 1.29 is 9.52 Å². The van der Waals surface area contributed by atoms with E-state index in [-0.39, 0.29) is 12.5 Å². The fourth-order valence-electron chi connectivity index (χ4n) is 0.684. The Morgan fingerprint density at radius 2 is 2.42 bits per heavy atom. The van der Waals surface area contributed by atoms with E-state index in [0.29, 0.717) is 5.89 Å². The van der Waals surface area contributed by atoms with Crippen molar-refractivity contribution in [2.75, 3.05) is 6.61 Å². The van der Waals surface area contributed by atoms with E-state index in [1.807, 2.05) is 6.92 Å². The Morgan fingerprint density at radius 3 is 3.00 bits per heavy atom. The first-order chi connectivity index (χ1) is 5.77. The summed E-state index contributed by atoms with van der Waals surface area (Å²) in [5, 5.41) is 16.0. The molecule has 5 heteroatoms. The van der Waals surface area contributed by atoms with Gasteiger partial charge in [-0.2, -0.15) is 0 Å². The summed E-state index contributed by atoms with van der Waals surface area (Å²) in [4.78, 5) is 0.